The van der Waals surface area contributed by atoms with Crippen LogP contribution in [-0.2, 0) is 19.2 Å². The molecule has 18 heavy (non-hydrogen) atoms. The van der Waals surface area contributed by atoms with Gasteiger partial charge in [-0.25, -0.2) is 10.6 Å². The van der Waals surface area contributed by atoms with Crippen LogP contribution in [0.4, 0.5) is 0 Å². The number of carboxylic acid groups (broad SMARTS) is 4. The van der Waals surface area contributed by atoms with Gasteiger partial charge in [0.2, 0.25) is 5.71 Å². The topological polar surface area (TPSA) is 181 Å². The molecule has 0 aromatic rings. The number of hydrogen-bond acceptors (Lipinski definition) is 6. The molecular weight excluding hydrogens is 252 g/mol. The van der Waals surface area contributed by atoms with Gasteiger partial charge in [-0.2, -0.15) is 0 Å². The molecule has 0 aliphatic heterocycles. The summed E-state index contributed by atoms with van der Waals surface area (Å²) in [5.74, 6) is -1.68. The van der Waals surface area contributed by atoms with E-state index in [1.807, 2.05) is 0 Å². The number of carbonyl (C=O) groups excluding carboxylic acids is 1. The number of carboxylic acids is 4. The summed E-state index contributed by atoms with van der Waals surface area (Å²) < 4.78 is 0.0694. The maximum atomic E-state index is 10.7. The van der Waals surface area contributed by atoms with Crippen molar-refractivity contribution >= 4 is 29.6 Å². The molecule has 1 atom stereocenters. The van der Waals surface area contributed by atoms with E-state index in [0.29, 0.717) is 0 Å². The molecule has 0 aromatic heterocycles. The Bertz CT molecular complexity index is 427. The van der Waals surface area contributed by atoms with Crippen LogP contribution >= 0.6 is 0 Å². The van der Waals surface area contributed by atoms with Crippen LogP contribution in [0.25, 0.3) is 0 Å². The molecule has 0 spiro atoms. The summed E-state index contributed by atoms with van der Waals surface area (Å²) in [6.45, 7) is 0. The van der Waals surface area contributed by atoms with E-state index in [1.165, 1.54) is 0 Å². The van der Waals surface area contributed by atoms with Gasteiger partial charge in [-0.05, 0) is 0 Å². The van der Waals surface area contributed by atoms with E-state index < -0.39 is 48.5 Å². The fraction of sp³-hybridized carbons (Fsp3) is 0.375. The first kappa shape index (κ1) is 15.3. The standard InChI is InChI=1S/C8H10N2O8/c9-10(3(7(15)16)1-5(11)12)4(8(17)18)2-6(13)14/h3H,1-2,9H2,(H3-,11,12,13,14,15,16,17,18). The van der Waals surface area contributed by atoms with E-state index >= 15 is 0 Å². The van der Waals surface area contributed by atoms with Crippen LogP contribution in [0.2, 0.25) is 0 Å². The normalized spacial score (nSPS) is 13.3. The molecule has 5 N–H and O–H groups in total. The monoisotopic (exact) mass is 262 g/mol. The molecule has 0 radical (unpaired) electrons. The zero-order valence-corrected chi connectivity index (χ0v) is 8.90. The number of carbonyl (C=O) groups is 4. The smallest absolute Gasteiger partial charge is 0.376 e. The number of hydrazine groups is 1. The average molecular weight is 262 g/mol. The quantitative estimate of drug-likeness (QED) is 0.156. The van der Waals surface area contributed by atoms with Crippen molar-refractivity contribution in [2.24, 2.45) is 5.84 Å². The first-order valence-corrected chi connectivity index (χ1v) is 4.44. The molecule has 0 aliphatic rings. The predicted molar refractivity (Wildman–Crippen MR) is 50.4 cm³/mol. The highest BCUT2D eigenvalue weighted by atomic mass is 16.4. The molecule has 0 aromatic carbocycles. The first-order chi connectivity index (χ1) is 8.16. The van der Waals surface area contributed by atoms with Crippen molar-refractivity contribution in [3.8, 4) is 0 Å². The largest absolute Gasteiger partial charge is 0.540 e. The Balaban J connectivity index is 5.49. The molecule has 0 bridgehead atoms. The molecule has 10 nitrogen and oxygen atoms in total. The molecular formula is C8H10N2O8. The maximum absolute atomic E-state index is 10.7. The van der Waals surface area contributed by atoms with Gasteiger partial charge in [0.1, 0.15) is 18.8 Å². The van der Waals surface area contributed by atoms with E-state index in [4.69, 9.17) is 21.2 Å². The minimum atomic E-state index is -1.99. The Morgan fingerprint density at radius 3 is 1.89 bits per heavy atom. The molecule has 0 aliphatic carbocycles. The first-order valence-electron chi connectivity index (χ1n) is 4.44. The highest BCUT2D eigenvalue weighted by molar-refractivity contribution is 6.35. The van der Waals surface area contributed by atoms with E-state index in [-0.39, 0.29) is 4.68 Å². The van der Waals surface area contributed by atoms with Crippen molar-refractivity contribution in [1.29, 1.82) is 0 Å². The Kier molecular flexibility index (Phi) is 5.27. The Morgan fingerprint density at radius 2 is 1.61 bits per heavy atom. The van der Waals surface area contributed by atoms with Crippen molar-refractivity contribution in [2.45, 2.75) is 18.9 Å². The molecule has 0 heterocycles. The van der Waals surface area contributed by atoms with Crippen LogP contribution < -0.4 is 10.9 Å². The molecule has 10 heteroatoms. The minimum Gasteiger partial charge on any atom is -0.540 e. The number of hydrogen-bond donors (Lipinski definition) is 4. The maximum Gasteiger partial charge on any atom is 0.376 e. The van der Waals surface area contributed by atoms with Gasteiger partial charge in [-0.1, -0.05) is 0 Å². The third kappa shape index (κ3) is 4.47. The number of nitrogens with two attached hydrogens (primary N) is 1. The fourth-order valence-corrected chi connectivity index (χ4v) is 1.07. The van der Waals surface area contributed by atoms with Crippen LogP contribution in [0.5, 0.6) is 0 Å². The Labute approximate surface area is 99.5 Å². The molecule has 0 amide bonds. The third-order valence-electron chi connectivity index (χ3n) is 1.85. The Hall–Kier alpha value is -2.65. The van der Waals surface area contributed by atoms with Gasteiger partial charge in [-0.15, -0.1) is 4.68 Å². The molecule has 0 rings (SSSR count). The lowest BCUT2D eigenvalue weighted by atomic mass is 10.2. The fourth-order valence-electron chi connectivity index (χ4n) is 1.07. The molecule has 100 valence electrons. The van der Waals surface area contributed by atoms with Crippen molar-refractivity contribution in [3.05, 3.63) is 0 Å². The lowest BCUT2D eigenvalue weighted by Gasteiger charge is -2.09. The zero-order chi connectivity index (χ0) is 14.5. The third-order valence-corrected chi connectivity index (χ3v) is 1.85. The van der Waals surface area contributed by atoms with Crippen molar-refractivity contribution < 1.29 is 44.3 Å². The Morgan fingerprint density at radius 1 is 1.11 bits per heavy atom. The lowest BCUT2D eigenvalue weighted by molar-refractivity contribution is -0.567. The van der Waals surface area contributed by atoms with Gasteiger partial charge in [-0.3, -0.25) is 9.59 Å². The second-order valence-electron chi connectivity index (χ2n) is 3.16. The summed E-state index contributed by atoms with van der Waals surface area (Å²) in [6, 6.07) is -1.91. The highest BCUT2D eigenvalue weighted by Gasteiger charge is 2.34. The van der Waals surface area contributed by atoms with Crippen molar-refractivity contribution in [3.63, 3.8) is 0 Å². The second kappa shape index (κ2) is 6.18. The van der Waals surface area contributed by atoms with Crippen molar-refractivity contribution in [1.82, 2.24) is 0 Å². The summed E-state index contributed by atoms with van der Waals surface area (Å²) in [6.07, 6.45) is -2.09. The number of hydrazone groups is 1. The van der Waals surface area contributed by atoms with E-state index in [9.17, 15) is 24.3 Å². The lowest BCUT2D eigenvalue weighted by Crippen LogP contribution is -2.49. The molecule has 0 fully saturated rings. The average Bonchev–Trinajstić information content (AvgIpc) is 2.20. The van der Waals surface area contributed by atoms with Crippen LogP contribution in [-0.4, -0.2) is 55.6 Å². The van der Waals surface area contributed by atoms with Gasteiger partial charge in [0, 0.05) is 0 Å². The van der Waals surface area contributed by atoms with Gasteiger partial charge in [0.15, 0.2) is 0 Å². The van der Waals surface area contributed by atoms with E-state index in [1.54, 1.807) is 0 Å². The van der Waals surface area contributed by atoms with Crippen molar-refractivity contribution in [2.75, 3.05) is 0 Å². The van der Waals surface area contributed by atoms with Crippen LogP contribution in [0, 0.1) is 0 Å². The summed E-state index contributed by atoms with van der Waals surface area (Å²) in [5.41, 5.74) is -1.03. The zero-order valence-electron chi connectivity index (χ0n) is 8.90. The van der Waals surface area contributed by atoms with Gasteiger partial charge >= 0.3 is 17.9 Å². The predicted octanol–water partition coefficient (Wildman–Crippen LogP) is -3.53. The number of nitrogens with zero attached hydrogens (tertiary/aromatic N) is 1. The summed E-state index contributed by atoms with van der Waals surface area (Å²) >= 11 is 0. The van der Waals surface area contributed by atoms with Gasteiger partial charge in [0.05, 0.1) is 0 Å². The molecule has 1 unspecified atom stereocenters. The van der Waals surface area contributed by atoms with Gasteiger partial charge < -0.3 is 25.2 Å². The van der Waals surface area contributed by atoms with E-state index in [2.05, 4.69) is 0 Å². The van der Waals surface area contributed by atoms with Crippen LogP contribution in [0.3, 0.4) is 0 Å². The van der Waals surface area contributed by atoms with Crippen LogP contribution in [0.1, 0.15) is 12.8 Å². The summed E-state index contributed by atoms with van der Waals surface area (Å²) in [4.78, 5) is 42.1. The SMILES string of the molecule is N[N+](=C(CC(=O)O)C(=O)[O-])C(CC(=O)O)C(=O)O. The molecule has 0 saturated carbocycles. The van der Waals surface area contributed by atoms with Crippen LogP contribution in [0.15, 0.2) is 0 Å². The number of aliphatic carboxylic acids is 4. The van der Waals surface area contributed by atoms with Gasteiger partial charge in [0.25, 0.3) is 6.04 Å². The number of rotatable bonds is 7. The van der Waals surface area contributed by atoms with E-state index in [0.717, 1.165) is 0 Å². The minimum absolute atomic E-state index is 0.0694. The highest BCUT2D eigenvalue weighted by Crippen LogP contribution is 1.99. The summed E-state index contributed by atoms with van der Waals surface area (Å²) in [7, 11) is 0. The molecule has 0 saturated heterocycles. The second-order valence-corrected chi connectivity index (χ2v) is 3.16. The summed E-state index contributed by atoms with van der Waals surface area (Å²) in [5, 5.41) is 36.2.